The summed E-state index contributed by atoms with van der Waals surface area (Å²) in [6.45, 7) is 3.76. The Balaban J connectivity index is 2.40. The SMILES string of the molecule is CCC(C)OCC(=O)NCC(O)c1ccc(Cl)c(F)c1. The number of hydrogen-bond donors (Lipinski definition) is 2. The van der Waals surface area contributed by atoms with Crippen LogP contribution in [0.4, 0.5) is 4.39 Å². The van der Waals surface area contributed by atoms with Gasteiger partial charge in [-0.15, -0.1) is 0 Å². The van der Waals surface area contributed by atoms with Crippen LogP contribution in [0.25, 0.3) is 0 Å². The first-order chi connectivity index (χ1) is 9.43. The van der Waals surface area contributed by atoms with Crippen LogP contribution in [0.5, 0.6) is 0 Å². The molecule has 2 N–H and O–H groups in total. The molecule has 1 aromatic rings. The zero-order chi connectivity index (χ0) is 15.1. The number of hydrogen-bond acceptors (Lipinski definition) is 3. The van der Waals surface area contributed by atoms with Gasteiger partial charge < -0.3 is 15.2 Å². The lowest BCUT2D eigenvalue weighted by atomic mass is 10.1. The number of rotatable bonds is 7. The number of aliphatic hydroxyl groups excluding tert-OH is 1. The van der Waals surface area contributed by atoms with E-state index in [-0.39, 0.29) is 30.2 Å². The minimum atomic E-state index is -0.991. The number of halogens is 2. The van der Waals surface area contributed by atoms with Crippen LogP contribution < -0.4 is 5.32 Å². The van der Waals surface area contributed by atoms with Gasteiger partial charge in [0.1, 0.15) is 12.4 Å². The highest BCUT2D eigenvalue weighted by atomic mass is 35.5. The maximum absolute atomic E-state index is 13.2. The molecular weight excluding hydrogens is 285 g/mol. The van der Waals surface area contributed by atoms with Crippen LogP contribution in [0.2, 0.25) is 5.02 Å². The van der Waals surface area contributed by atoms with Crippen molar-refractivity contribution in [1.29, 1.82) is 0 Å². The van der Waals surface area contributed by atoms with Crippen LogP contribution in [0.1, 0.15) is 31.9 Å². The fourth-order valence-corrected chi connectivity index (χ4v) is 1.55. The van der Waals surface area contributed by atoms with Crippen molar-refractivity contribution in [2.24, 2.45) is 0 Å². The summed E-state index contributed by atoms with van der Waals surface area (Å²) in [7, 11) is 0. The van der Waals surface area contributed by atoms with Crippen LogP contribution in [0.15, 0.2) is 18.2 Å². The van der Waals surface area contributed by atoms with Gasteiger partial charge in [0.05, 0.1) is 17.2 Å². The van der Waals surface area contributed by atoms with Crippen LogP contribution in [-0.2, 0) is 9.53 Å². The summed E-state index contributed by atoms with van der Waals surface area (Å²) in [4.78, 5) is 11.5. The molecule has 0 aromatic heterocycles. The van der Waals surface area contributed by atoms with Crippen LogP contribution in [0.3, 0.4) is 0 Å². The molecule has 0 radical (unpaired) electrons. The summed E-state index contributed by atoms with van der Waals surface area (Å²) in [5.41, 5.74) is 0.357. The monoisotopic (exact) mass is 303 g/mol. The van der Waals surface area contributed by atoms with Gasteiger partial charge in [0.15, 0.2) is 0 Å². The third-order valence-corrected chi connectivity index (χ3v) is 3.20. The van der Waals surface area contributed by atoms with E-state index in [2.05, 4.69) is 5.32 Å². The van der Waals surface area contributed by atoms with E-state index in [9.17, 15) is 14.3 Å². The molecule has 1 rings (SSSR count). The Labute approximate surface area is 122 Å². The lowest BCUT2D eigenvalue weighted by molar-refractivity contribution is -0.127. The van der Waals surface area contributed by atoms with Gasteiger partial charge in [-0.05, 0) is 31.0 Å². The lowest BCUT2D eigenvalue weighted by Gasteiger charge is -2.14. The second-order valence-electron chi connectivity index (χ2n) is 4.52. The minimum absolute atomic E-state index is 0.00746. The van der Waals surface area contributed by atoms with Crippen molar-refractivity contribution < 1.29 is 19.0 Å². The largest absolute Gasteiger partial charge is 0.387 e. The summed E-state index contributed by atoms with van der Waals surface area (Å²) in [6.07, 6.45) is -0.162. The van der Waals surface area contributed by atoms with Crippen LogP contribution >= 0.6 is 11.6 Å². The molecule has 6 heteroatoms. The van der Waals surface area contributed by atoms with Gasteiger partial charge in [0.25, 0.3) is 0 Å². The highest BCUT2D eigenvalue weighted by molar-refractivity contribution is 6.30. The van der Waals surface area contributed by atoms with Crippen molar-refractivity contribution in [3.05, 3.63) is 34.6 Å². The molecule has 0 aliphatic rings. The third kappa shape index (κ3) is 5.45. The van der Waals surface area contributed by atoms with Crippen molar-refractivity contribution in [2.45, 2.75) is 32.5 Å². The average molecular weight is 304 g/mol. The number of amides is 1. The Hall–Kier alpha value is -1.17. The van der Waals surface area contributed by atoms with Gasteiger partial charge in [-0.1, -0.05) is 24.6 Å². The molecule has 2 atom stereocenters. The Morgan fingerprint density at radius 3 is 2.85 bits per heavy atom. The molecule has 2 unspecified atom stereocenters. The first-order valence-corrected chi connectivity index (χ1v) is 6.83. The van der Waals surface area contributed by atoms with Gasteiger partial charge in [0.2, 0.25) is 5.91 Å². The Morgan fingerprint density at radius 2 is 2.25 bits per heavy atom. The lowest BCUT2D eigenvalue weighted by Crippen LogP contribution is -2.32. The zero-order valence-electron chi connectivity index (χ0n) is 11.5. The summed E-state index contributed by atoms with van der Waals surface area (Å²) in [5, 5.41) is 12.4. The van der Waals surface area contributed by atoms with Gasteiger partial charge in [-0.2, -0.15) is 0 Å². The standard InChI is InChI=1S/C14H19ClFNO3/c1-3-9(2)20-8-14(19)17-7-13(18)10-4-5-11(15)12(16)6-10/h4-6,9,13,18H,3,7-8H2,1-2H3,(H,17,19). The number of aliphatic hydroxyl groups is 1. The number of carbonyl (C=O) groups excluding carboxylic acids is 1. The molecule has 0 aliphatic carbocycles. The van der Waals surface area contributed by atoms with E-state index in [0.29, 0.717) is 5.56 Å². The number of nitrogens with one attached hydrogen (secondary N) is 1. The molecule has 112 valence electrons. The zero-order valence-corrected chi connectivity index (χ0v) is 12.3. The average Bonchev–Trinajstić information content (AvgIpc) is 2.44. The first kappa shape index (κ1) is 16.9. The summed E-state index contributed by atoms with van der Waals surface area (Å²) < 4.78 is 18.5. The van der Waals surface area contributed by atoms with Crippen molar-refractivity contribution >= 4 is 17.5 Å². The molecule has 0 saturated heterocycles. The van der Waals surface area contributed by atoms with Crippen molar-refractivity contribution in [3.63, 3.8) is 0 Å². The second kappa shape index (κ2) is 8.19. The number of benzene rings is 1. The van der Waals surface area contributed by atoms with Gasteiger partial charge in [-0.25, -0.2) is 4.39 Å². The molecule has 20 heavy (non-hydrogen) atoms. The van der Waals surface area contributed by atoms with Gasteiger partial charge in [-0.3, -0.25) is 4.79 Å². The summed E-state index contributed by atoms with van der Waals surface area (Å²) >= 11 is 5.55. The predicted octanol–water partition coefficient (Wildman–Crippen LogP) is 2.44. The van der Waals surface area contributed by atoms with E-state index in [4.69, 9.17) is 16.3 Å². The fourth-order valence-electron chi connectivity index (χ4n) is 1.43. The molecule has 0 fully saturated rings. The molecule has 0 saturated carbocycles. The maximum atomic E-state index is 13.2. The molecule has 0 spiro atoms. The third-order valence-electron chi connectivity index (χ3n) is 2.89. The van der Waals surface area contributed by atoms with E-state index < -0.39 is 11.9 Å². The van der Waals surface area contributed by atoms with E-state index >= 15 is 0 Å². The fraction of sp³-hybridized carbons (Fsp3) is 0.500. The quantitative estimate of drug-likeness (QED) is 0.813. The summed E-state index contributed by atoms with van der Waals surface area (Å²) in [5.74, 6) is -0.923. The van der Waals surface area contributed by atoms with E-state index in [1.807, 2.05) is 13.8 Å². The van der Waals surface area contributed by atoms with Crippen molar-refractivity contribution in [2.75, 3.05) is 13.2 Å². The summed E-state index contributed by atoms with van der Waals surface area (Å²) in [6, 6.07) is 4.02. The van der Waals surface area contributed by atoms with E-state index in [1.54, 1.807) is 0 Å². The second-order valence-corrected chi connectivity index (χ2v) is 4.93. The number of ether oxygens (including phenoxy) is 1. The highest BCUT2D eigenvalue weighted by Gasteiger charge is 2.12. The molecular formula is C14H19ClFNO3. The smallest absolute Gasteiger partial charge is 0.246 e. The molecule has 4 nitrogen and oxygen atoms in total. The molecule has 0 bridgehead atoms. The number of carbonyl (C=O) groups is 1. The molecule has 1 aromatic carbocycles. The van der Waals surface area contributed by atoms with Gasteiger partial charge in [0, 0.05) is 6.54 Å². The Morgan fingerprint density at radius 1 is 1.55 bits per heavy atom. The van der Waals surface area contributed by atoms with Crippen molar-refractivity contribution in [1.82, 2.24) is 5.32 Å². The topological polar surface area (TPSA) is 58.6 Å². The Bertz CT molecular complexity index is 456. The maximum Gasteiger partial charge on any atom is 0.246 e. The van der Waals surface area contributed by atoms with Crippen molar-refractivity contribution in [3.8, 4) is 0 Å². The van der Waals surface area contributed by atoms with Crippen LogP contribution in [0, 0.1) is 5.82 Å². The molecule has 0 heterocycles. The first-order valence-electron chi connectivity index (χ1n) is 6.45. The van der Waals surface area contributed by atoms with Gasteiger partial charge >= 0.3 is 0 Å². The normalized spacial score (nSPS) is 13.8. The van der Waals surface area contributed by atoms with E-state index in [0.717, 1.165) is 12.5 Å². The minimum Gasteiger partial charge on any atom is -0.387 e. The Kier molecular flexibility index (Phi) is 6.91. The van der Waals surface area contributed by atoms with E-state index in [1.165, 1.54) is 12.1 Å². The predicted molar refractivity (Wildman–Crippen MR) is 75.1 cm³/mol. The molecule has 1 amide bonds. The van der Waals surface area contributed by atoms with Crippen LogP contribution in [-0.4, -0.2) is 30.3 Å². The molecule has 0 aliphatic heterocycles. The highest BCUT2D eigenvalue weighted by Crippen LogP contribution is 2.19.